The Hall–Kier alpha value is -1.39. The molecule has 0 amide bonds. The highest BCUT2D eigenvalue weighted by Crippen LogP contribution is 2.35. The topological polar surface area (TPSA) is 48.1 Å². The number of rotatable bonds is 3. The van der Waals surface area contributed by atoms with Crippen LogP contribution in [0, 0.1) is 6.92 Å². The molecule has 1 aliphatic heterocycles. The Labute approximate surface area is 127 Å². The third-order valence-corrected chi connectivity index (χ3v) is 4.05. The molecule has 1 aliphatic rings. The first-order chi connectivity index (χ1) is 9.63. The minimum absolute atomic E-state index is 0.0648. The predicted molar refractivity (Wildman–Crippen MR) is 82.9 cm³/mol. The number of benzene rings is 1. The molecule has 2 heterocycles. The van der Waals surface area contributed by atoms with Crippen LogP contribution in [0.15, 0.2) is 35.1 Å². The van der Waals surface area contributed by atoms with Crippen LogP contribution in [0.4, 0.5) is 0 Å². The van der Waals surface area contributed by atoms with Gasteiger partial charge in [-0.1, -0.05) is 22.0 Å². The second kappa shape index (κ2) is 5.54. The Morgan fingerprint density at radius 2 is 2.20 bits per heavy atom. The highest BCUT2D eigenvalue weighted by molar-refractivity contribution is 9.10. The third kappa shape index (κ3) is 2.72. The predicted octanol–water partition coefficient (Wildman–Crippen LogP) is 3.33. The van der Waals surface area contributed by atoms with Gasteiger partial charge in [0, 0.05) is 29.3 Å². The van der Waals surface area contributed by atoms with E-state index in [-0.39, 0.29) is 6.04 Å². The lowest BCUT2D eigenvalue weighted by Crippen LogP contribution is -2.14. The van der Waals surface area contributed by atoms with E-state index in [1.807, 2.05) is 19.3 Å². The van der Waals surface area contributed by atoms with Crippen molar-refractivity contribution >= 4 is 15.9 Å². The van der Waals surface area contributed by atoms with Crippen molar-refractivity contribution in [2.75, 3.05) is 6.61 Å². The molecule has 1 aromatic carbocycles. The van der Waals surface area contributed by atoms with Gasteiger partial charge in [-0.25, -0.2) is 0 Å². The molecule has 0 spiro atoms. The summed E-state index contributed by atoms with van der Waals surface area (Å²) in [5.41, 5.74) is 11.0. The van der Waals surface area contributed by atoms with E-state index < -0.39 is 0 Å². The second-order valence-corrected chi connectivity index (χ2v) is 6.17. The lowest BCUT2D eigenvalue weighted by atomic mass is 9.98. The summed E-state index contributed by atoms with van der Waals surface area (Å²) in [6, 6.07) is 6.26. The minimum atomic E-state index is -0.0648. The molecular weight excluding hydrogens is 316 g/mol. The number of halogens is 1. The van der Waals surface area contributed by atoms with Crippen LogP contribution in [0.2, 0.25) is 0 Å². The van der Waals surface area contributed by atoms with E-state index in [9.17, 15) is 0 Å². The highest BCUT2D eigenvalue weighted by Gasteiger charge is 2.19. The van der Waals surface area contributed by atoms with Crippen molar-refractivity contribution in [3.63, 3.8) is 0 Å². The molecule has 0 bridgehead atoms. The van der Waals surface area contributed by atoms with Gasteiger partial charge >= 0.3 is 0 Å². The molecule has 3 nitrogen and oxygen atoms in total. The van der Waals surface area contributed by atoms with Crippen LogP contribution in [-0.2, 0) is 12.8 Å². The highest BCUT2D eigenvalue weighted by atomic mass is 79.9. The number of hydrogen-bond acceptors (Lipinski definition) is 3. The quantitative estimate of drug-likeness (QED) is 0.937. The fourth-order valence-corrected chi connectivity index (χ4v) is 3.19. The Balaban J connectivity index is 1.88. The van der Waals surface area contributed by atoms with Crippen LogP contribution in [0.3, 0.4) is 0 Å². The van der Waals surface area contributed by atoms with E-state index in [1.165, 1.54) is 11.1 Å². The van der Waals surface area contributed by atoms with Crippen molar-refractivity contribution in [3.05, 3.63) is 57.3 Å². The Bertz CT molecular complexity index is 642. The van der Waals surface area contributed by atoms with Crippen molar-refractivity contribution in [1.82, 2.24) is 4.98 Å². The van der Waals surface area contributed by atoms with E-state index in [4.69, 9.17) is 10.5 Å². The zero-order chi connectivity index (χ0) is 14.1. The number of nitrogens with two attached hydrogens (primary N) is 1. The van der Waals surface area contributed by atoms with Crippen molar-refractivity contribution < 1.29 is 4.74 Å². The van der Waals surface area contributed by atoms with Crippen molar-refractivity contribution in [3.8, 4) is 5.75 Å². The number of ether oxygens (including phenoxy) is 1. The van der Waals surface area contributed by atoms with E-state index in [1.54, 1.807) is 0 Å². The van der Waals surface area contributed by atoms with Gasteiger partial charge in [0.05, 0.1) is 6.61 Å². The summed E-state index contributed by atoms with van der Waals surface area (Å²) in [5, 5.41) is 0. The maximum Gasteiger partial charge on any atom is 0.125 e. The number of fused-ring (bicyclic) bond motifs is 1. The third-order valence-electron chi connectivity index (χ3n) is 3.59. The fourth-order valence-electron chi connectivity index (χ4n) is 2.63. The number of nitrogens with zero attached hydrogens (tertiary/aromatic N) is 1. The van der Waals surface area contributed by atoms with Gasteiger partial charge in [-0.3, -0.25) is 4.98 Å². The van der Waals surface area contributed by atoms with Gasteiger partial charge in [0.2, 0.25) is 0 Å². The molecule has 1 aromatic heterocycles. The van der Waals surface area contributed by atoms with Crippen LogP contribution in [0.5, 0.6) is 5.75 Å². The molecule has 2 N–H and O–H groups in total. The minimum Gasteiger partial charge on any atom is -0.493 e. The molecule has 0 fully saturated rings. The van der Waals surface area contributed by atoms with Crippen LogP contribution in [0.1, 0.15) is 28.3 Å². The summed E-state index contributed by atoms with van der Waals surface area (Å²) < 4.78 is 6.84. The van der Waals surface area contributed by atoms with Gasteiger partial charge in [0.25, 0.3) is 0 Å². The molecule has 0 aliphatic carbocycles. The fraction of sp³-hybridized carbons (Fsp3) is 0.312. The maximum atomic E-state index is 6.33. The van der Waals surface area contributed by atoms with Gasteiger partial charge in [-0.2, -0.15) is 0 Å². The van der Waals surface area contributed by atoms with E-state index in [0.29, 0.717) is 0 Å². The lowest BCUT2D eigenvalue weighted by molar-refractivity contribution is 0.352. The SMILES string of the molecule is Cc1cncc(C(N)Cc2cc(Br)cc3c2OCC3)c1. The first-order valence-corrected chi connectivity index (χ1v) is 7.54. The smallest absolute Gasteiger partial charge is 0.125 e. The van der Waals surface area contributed by atoms with Gasteiger partial charge in [-0.15, -0.1) is 0 Å². The molecule has 2 aromatic rings. The Kier molecular flexibility index (Phi) is 3.76. The van der Waals surface area contributed by atoms with Crippen molar-refractivity contribution in [2.45, 2.75) is 25.8 Å². The summed E-state index contributed by atoms with van der Waals surface area (Å²) >= 11 is 3.56. The van der Waals surface area contributed by atoms with Gasteiger partial charge in [0.15, 0.2) is 0 Å². The van der Waals surface area contributed by atoms with E-state index >= 15 is 0 Å². The number of pyridine rings is 1. The van der Waals surface area contributed by atoms with E-state index in [0.717, 1.165) is 40.8 Å². The zero-order valence-corrected chi connectivity index (χ0v) is 13.0. The van der Waals surface area contributed by atoms with Gasteiger partial charge in [-0.05, 0) is 47.7 Å². The van der Waals surface area contributed by atoms with Crippen LogP contribution in [-0.4, -0.2) is 11.6 Å². The molecule has 20 heavy (non-hydrogen) atoms. The van der Waals surface area contributed by atoms with Crippen LogP contribution in [0.25, 0.3) is 0 Å². The molecule has 1 unspecified atom stereocenters. The number of aromatic nitrogens is 1. The molecule has 104 valence electrons. The molecule has 0 saturated heterocycles. The van der Waals surface area contributed by atoms with Crippen LogP contribution < -0.4 is 10.5 Å². The van der Waals surface area contributed by atoms with Crippen molar-refractivity contribution in [2.24, 2.45) is 5.73 Å². The monoisotopic (exact) mass is 332 g/mol. The zero-order valence-electron chi connectivity index (χ0n) is 11.4. The molecule has 1 atom stereocenters. The summed E-state index contributed by atoms with van der Waals surface area (Å²) in [6.07, 6.45) is 5.42. The van der Waals surface area contributed by atoms with Crippen LogP contribution >= 0.6 is 15.9 Å². The van der Waals surface area contributed by atoms with Crippen molar-refractivity contribution in [1.29, 1.82) is 0 Å². The number of hydrogen-bond donors (Lipinski definition) is 1. The standard InChI is InChI=1S/C16H17BrN2O/c1-10-4-13(9-19-8-10)15(18)7-12-6-14(17)5-11-2-3-20-16(11)12/h4-6,8-9,15H,2-3,7,18H2,1H3. The Morgan fingerprint density at radius 1 is 1.35 bits per heavy atom. The first kappa shape index (κ1) is 13.6. The normalized spacial score (nSPS) is 14.8. The molecule has 0 saturated carbocycles. The average Bonchev–Trinajstić information content (AvgIpc) is 2.86. The average molecular weight is 333 g/mol. The van der Waals surface area contributed by atoms with Gasteiger partial charge < -0.3 is 10.5 Å². The molecule has 4 heteroatoms. The maximum absolute atomic E-state index is 6.33. The second-order valence-electron chi connectivity index (χ2n) is 5.26. The summed E-state index contributed by atoms with van der Waals surface area (Å²) in [5.74, 6) is 1.02. The summed E-state index contributed by atoms with van der Waals surface area (Å²) in [7, 11) is 0. The largest absolute Gasteiger partial charge is 0.493 e. The number of aryl methyl sites for hydroxylation is 1. The summed E-state index contributed by atoms with van der Waals surface area (Å²) in [4.78, 5) is 4.22. The molecular formula is C16H17BrN2O. The van der Waals surface area contributed by atoms with E-state index in [2.05, 4.69) is 39.1 Å². The van der Waals surface area contributed by atoms with Gasteiger partial charge in [0.1, 0.15) is 5.75 Å². The molecule has 0 radical (unpaired) electrons. The lowest BCUT2D eigenvalue weighted by Gasteiger charge is -2.15. The molecule has 3 rings (SSSR count). The Morgan fingerprint density at radius 3 is 3.00 bits per heavy atom. The first-order valence-electron chi connectivity index (χ1n) is 6.74. The summed E-state index contributed by atoms with van der Waals surface area (Å²) in [6.45, 7) is 2.79.